The van der Waals surface area contributed by atoms with Crippen molar-refractivity contribution in [3.8, 4) is 0 Å². The van der Waals surface area contributed by atoms with Crippen LogP contribution in [-0.2, 0) is 17.7 Å². The van der Waals surface area contributed by atoms with Crippen molar-refractivity contribution in [2.45, 2.75) is 19.9 Å². The van der Waals surface area contributed by atoms with Gasteiger partial charge in [0.05, 0.1) is 13.2 Å². The van der Waals surface area contributed by atoms with Crippen LogP contribution in [0.1, 0.15) is 12.7 Å². The minimum atomic E-state index is 0.691. The Kier molecular flexibility index (Phi) is 3.04. The number of aryl methyl sites for hydroxylation is 1. The monoisotopic (exact) mass is 155 g/mol. The maximum atomic E-state index is 4.93. The molecule has 0 aliphatic heterocycles. The average Bonchev–Trinajstić information content (AvgIpc) is 2.47. The molecule has 0 radical (unpaired) electrons. The molecule has 4 nitrogen and oxygen atoms in total. The highest BCUT2D eigenvalue weighted by Gasteiger charge is 1.99. The SMILES string of the molecule is CCc1ncnn1CCOC. The van der Waals surface area contributed by atoms with Crippen molar-refractivity contribution in [2.75, 3.05) is 13.7 Å². The summed E-state index contributed by atoms with van der Waals surface area (Å²) in [5.74, 6) is 1.02. The van der Waals surface area contributed by atoms with Crippen molar-refractivity contribution >= 4 is 0 Å². The fourth-order valence-electron chi connectivity index (χ4n) is 0.926. The Balaban J connectivity index is 2.54. The van der Waals surface area contributed by atoms with Gasteiger partial charge < -0.3 is 4.74 Å². The van der Waals surface area contributed by atoms with Crippen molar-refractivity contribution in [1.82, 2.24) is 14.8 Å². The lowest BCUT2D eigenvalue weighted by molar-refractivity contribution is 0.182. The Morgan fingerprint density at radius 3 is 3.09 bits per heavy atom. The van der Waals surface area contributed by atoms with Gasteiger partial charge in [0.2, 0.25) is 0 Å². The lowest BCUT2D eigenvalue weighted by Gasteiger charge is -2.01. The Hall–Kier alpha value is -0.900. The van der Waals surface area contributed by atoms with Crippen LogP contribution in [-0.4, -0.2) is 28.5 Å². The van der Waals surface area contributed by atoms with E-state index >= 15 is 0 Å². The molecule has 0 N–H and O–H groups in total. The van der Waals surface area contributed by atoms with Crippen LogP contribution >= 0.6 is 0 Å². The number of methoxy groups -OCH3 is 1. The van der Waals surface area contributed by atoms with E-state index in [1.165, 1.54) is 0 Å². The molecule has 1 aromatic heterocycles. The average molecular weight is 155 g/mol. The van der Waals surface area contributed by atoms with Gasteiger partial charge in [-0.25, -0.2) is 9.67 Å². The summed E-state index contributed by atoms with van der Waals surface area (Å²) in [7, 11) is 1.68. The summed E-state index contributed by atoms with van der Waals surface area (Å²) in [5, 5.41) is 4.05. The van der Waals surface area contributed by atoms with Crippen LogP contribution in [0.25, 0.3) is 0 Å². The standard InChI is InChI=1S/C7H13N3O/c1-3-7-8-6-9-10(7)4-5-11-2/h6H,3-5H2,1-2H3. The van der Waals surface area contributed by atoms with Crippen molar-refractivity contribution in [2.24, 2.45) is 0 Å². The van der Waals surface area contributed by atoms with Gasteiger partial charge in [0.25, 0.3) is 0 Å². The molecule has 0 unspecified atom stereocenters. The zero-order chi connectivity index (χ0) is 8.10. The number of nitrogens with zero attached hydrogens (tertiary/aromatic N) is 3. The van der Waals surface area contributed by atoms with E-state index in [4.69, 9.17) is 4.74 Å². The molecule has 62 valence electrons. The van der Waals surface area contributed by atoms with E-state index in [9.17, 15) is 0 Å². The minimum absolute atomic E-state index is 0.691. The van der Waals surface area contributed by atoms with Gasteiger partial charge in [0, 0.05) is 13.5 Å². The Morgan fingerprint density at radius 1 is 1.64 bits per heavy atom. The lowest BCUT2D eigenvalue weighted by atomic mass is 10.4. The molecule has 0 aliphatic rings. The van der Waals surface area contributed by atoms with Gasteiger partial charge in [-0.15, -0.1) is 0 Å². The van der Waals surface area contributed by atoms with E-state index in [0.29, 0.717) is 6.61 Å². The highest BCUT2D eigenvalue weighted by atomic mass is 16.5. The Morgan fingerprint density at radius 2 is 2.45 bits per heavy atom. The third-order valence-electron chi connectivity index (χ3n) is 1.52. The van der Waals surface area contributed by atoms with Crippen LogP contribution in [0.2, 0.25) is 0 Å². The van der Waals surface area contributed by atoms with Crippen molar-refractivity contribution in [3.63, 3.8) is 0 Å². The second-order valence-corrected chi connectivity index (χ2v) is 2.25. The lowest BCUT2D eigenvalue weighted by Crippen LogP contribution is -2.09. The summed E-state index contributed by atoms with van der Waals surface area (Å²) in [6.07, 6.45) is 2.50. The van der Waals surface area contributed by atoms with E-state index in [1.807, 2.05) is 4.68 Å². The smallest absolute Gasteiger partial charge is 0.138 e. The molecule has 0 bridgehead atoms. The maximum Gasteiger partial charge on any atom is 0.138 e. The molecular formula is C7H13N3O. The molecule has 0 fully saturated rings. The highest BCUT2D eigenvalue weighted by molar-refractivity contribution is 4.82. The van der Waals surface area contributed by atoms with Crippen LogP contribution in [0.15, 0.2) is 6.33 Å². The van der Waals surface area contributed by atoms with E-state index < -0.39 is 0 Å². The molecule has 0 aliphatic carbocycles. The van der Waals surface area contributed by atoms with Crippen molar-refractivity contribution in [1.29, 1.82) is 0 Å². The van der Waals surface area contributed by atoms with E-state index in [2.05, 4.69) is 17.0 Å². The Bertz CT molecular complexity index is 209. The predicted octanol–water partition coefficient (Wildman–Crippen LogP) is 0.487. The molecule has 11 heavy (non-hydrogen) atoms. The number of hydrogen-bond acceptors (Lipinski definition) is 3. The molecule has 0 saturated heterocycles. The second kappa shape index (κ2) is 4.08. The van der Waals surface area contributed by atoms with E-state index in [-0.39, 0.29) is 0 Å². The fraction of sp³-hybridized carbons (Fsp3) is 0.714. The van der Waals surface area contributed by atoms with Gasteiger partial charge in [-0.05, 0) is 0 Å². The normalized spacial score (nSPS) is 10.4. The van der Waals surface area contributed by atoms with Gasteiger partial charge in [-0.2, -0.15) is 5.10 Å². The zero-order valence-electron chi connectivity index (χ0n) is 6.95. The first-order valence-electron chi connectivity index (χ1n) is 3.74. The van der Waals surface area contributed by atoms with Crippen LogP contribution in [0.4, 0.5) is 0 Å². The second-order valence-electron chi connectivity index (χ2n) is 2.25. The predicted molar refractivity (Wildman–Crippen MR) is 41.3 cm³/mol. The summed E-state index contributed by atoms with van der Waals surface area (Å²) in [6, 6.07) is 0. The van der Waals surface area contributed by atoms with Gasteiger partial charge in [-0.3, -0.25) is 0 Å². The molecule has 1 aromatic rings. The summed E-state index contributed by atoms with van der Waals surface area (Å²) in [5.41, 5.74) is 0. The summed E-state index contributed by atoms with van der Waals surface area (Å²) >= 11 is 0. The van der Waals surface area contributed by atoms with Gasteiger partial charge in [-0.1, -0.05) is 6.92 Å². The topological polar surface area (TPSA) is 39.9 Å². The molecule has 4 heteroatoms. The largest absolute Gasteiger partial charge is 0.383 e. The van der Waals surface area contributed by atoms with Crippen LogP contribution in [0.5, 0.6) is 0 Å². The number of hydrogen-bond donors (Lipinski definition) is 0. The van der Waals surface area contributed by atoms with Gasteiger partial charge in [0.15, 0.2) is 0 Å². The van der Waals surface area contributed by atoms with E-state index in [0.717, 1.165) is 18.8 Å². The van der Waals surface area contributed by atoms with Crippen molar-refractivity contribution < 1.29 is 4.74 Å². The van der Waals surface area contributed by atoms with E-state index in [1.54, 1.807) is 13.4 Å². The molecular weight excluding hydrogens is 142 g/mol. The summed E-state index contributed by atoms with van der Waals surface area (Å²) in [6.45, 7) is 3.54. The maximum absolute atomic E-state index is 4.93. The summed E-state index contributed by atoms with van der Waals surface area (Å²) < 4.78 is 6.79. The third-order valence-corrected chi connectivity index (χ3v) is 1.52. The number of ether oxygens (including phenoxy) is 1. The Labute approximate surface area is 66.2 Å². The molecule has 0 atom stereocenters. The van der Waals surface area contributed by atoms with Gasteiger partial charge >= 0.3 is 0 Å². The molecule has 0 spiro atoms. The van der Waals surface area contributed by atoms with Crippen LogP contribution in [0, 0.1) is 0 Å². The first kappa shape index (κ1) is 8.20. The minimum Gasteiger partial charge on any atom is -0.383 e. The van der Waals surface area contributed by atoms with Crippen molar-refractivity contribution in [3.05, 3.63) is 12.2 Å². The molecule has 1 rings (SSSR count). The zero-order valence-corrected chi connectivity index (χ0v) is 6.95. The molecule has 1 heterocycles. The fourth-order valence-corrected chi connectivity index (χ4v) is 0.926. The van der Waals surface area contributed by atoms with Crippen LogP contribution in [0.3, 0.4) is 0 Å². The summed E-state index contributed by atoms with van der Waals surface area (Å²) in [4.78, 5) is 4.08. The number of aromatic nitrogens is 3. The molecule has 0 aromatic carbocycles. The molecule has 0 saturated carbocycles. The quantitative estimate of drug-likeness (QED) is 0.635. The van der Waals surface area contributed by atoms with Gasteiger partial charge in [0.1, 0.15) is 12.2 Å². The highest BCUT2D eigenvalue weighted by Crippen LogP contribution is 1.93. The van der Waals surface area contributed by atoms with Crippen LogP contribution < -0.4 is 0 Å². The number of rotatable bonds is 4. The molecule has 0 amide bonds. The third kappa shape index (κ3) is 2.01. The first-order chi connectivity index (χ1) is 5.38. The first-order valence-corrected chi connectivity index (χ1v) is 3.74.